The molecule has 0 aromatic heterocycles. The van der Waals surface area contributed by atoms with Crippen LogP contribution in [0.2, 0.25) is 0 Å². The lowest BCUT2D eigenvalue weighted by Gasteiger charge is -2.22. The number of rotatable bonds is 5. The second-order valence-corrected chi connectivity index (χ2v) is 6.21. The number of benzene rings is 2. The van der Waals surface area contributed by atoms with Crippen molar-refractivity contribution in [2.45, 2.75) is 33.2 Å². The van der Waals surface area contributed by atoms with Crippen LogP contribution in [-0.4, -0.2) is 7.11 Å². The first kappa shape index (κ1) is 15.9. The number of nitrogens with one attached hydrogen (secondary N) is 1. The Morgan fingerprint density at radius 1 is 1.10 bits per heavy atom. The van der Waals surface area contributed by atoms with Gasteiger partial charge in [-0.1, -0.05) is 35.0 Å². The van der Waals surface area contributed by atoms with E-state index in [2.05, 4.69) is 66.3 Å². The number of aryl methyl sites for hydroxylation is 2. The summed E-state index contributed by atoms with van der Waals surface area (Å²) in [7, 11) is 1.69. The molecule has 1 atom stereocenters. The highest BCUT2D eigenvalue weighted by molar-refractivity contribution is 9.10. The third kappa shape index (κ3) is 3.79. The van der Waals surface area contributed by atoms with Crippen LogP contribution in [0.3, 0.4) is 0 Å². The Labute approximate surface area is 135 Å². The summed E-state index contributed by atoms with van der Waals surface area (Å²) in [5, 5.41) is 3.68. The SMILES string of the molecule is CCC(Nc1c(C)cc(Br)cc1C)c1ccc(OC)cc1. The van der Waals surface area contributed by atoms with Gasteiger partial charge in [0.2, 0.25) is 0 Å². The van der Waals surface area contributed by atoms with Gasteiger partial charge in [0.25, 0.3) is 0 Å². The van der Waals surface area contributed by atoms with Gasteiger partial charge >= 0.3 is 0 Å². The fourth-order valence-electron chi connectivity index (χ4n) is 2.57. The maximum atomic E-state index is 5.23. The van der Waals surface area contributed by atoms with Gasteiger partial charge in [-0.15, -0.1) is 0 Å². The zero-order valence-corrected chi connectivity index (χ0v) is 14.6. The van der Waals surface area contributed by atoms with Gasteiger partial charge in [-0.05, 0) is 61.2 Å². The van der Waals surface area contributed by atoms with Crippen molar-refractivity contribution in [1.82, 2.24) is 0 Å². The van der Waals surface area contributed by atoms with E-state index in [0.717, 1.165) is 16.6 Å². The molecule has 1 N–H and O–H groups in total. The summed E-state index contributed by atoms with van der Waals surface area (Å²) in [4.78, 5) is 0. The minimum atomic E-state index is 0.300. The lowest BCUT2D eigenvalue weighted by Crippen LogP contribution is -2.11. The Hall–Kier alpha value is -1.48. The molecule has 0 spiro atoms. The van der Waals surface area contributed by atoms with Gasteiger partial charge in [0.15, 0.2) is 0 Å². The number of ether oxygens (including phenoxy) is 1. The van der Waals surface area contributed by atoms with Gasteiger partial charge in [0, 0.05) is 10.2 Å². The molecule has 0 radical (unpaired) electrons. The molecule has 112 valence electrons. The topological polar surface area (TPSA) is 21.3 Å². The molecular formula is C18H22BrNO. The van der Waals surface area contributed by atoms with Crippen LogP contribution in [0.1, 0.15) is 36.1 Å². The van der Waals surface area contributed by atoms with Crippen LogP contribution in [0, 0.1) is 13.8 Å². The molecule has 0 saturated carbocycles. The van der Waals surface area contributed by atoms with Crippen molar-refractivity contribution in [2.24, 2.45) is 0 Å². The number of hydrogen-bond donors (Lipinski definition) is 1. The number of anilines is 1. The molecule has 0 amide bonds. The number of halogens is 1. The summed E-state index contributed by atoms with van der Waals surface area (Å²) in [5.41, 5.74) is 5.02. The van der Waals surface area contributed by atoms with E-state index in [1.54, 1.807) is 7.11 Å². The van der Waals surface area contributed by atoms with Crippen LogP contribution in [0.4, 0.5) is 5.69 Å². The van der Waals surface area contributed by atoms with Crippen molar-refractivity contribution in [2.75, 3.05) is 12.4 Å². The largest absolute Gasteiger partial charge is 0.497 e. The Bertz CT molecular complexity index is 584. The van der Waals surface area contributed by atoms with Crippen molar-refractivity contribution < 1.29 is 4.74 Å². The Morgan fingerprint density at radius 2 is 1.67 bits per heavy atom. The molecule has 2 nitrogen and oxygen atoms in total. The molecule has 0 heterocycles. The molecule has 2 aromatic carbocycles. The predicted molar refractivity (Wildman–Crippen MR) is 93.3 cm³/mol. The quantitative estimate of drug-likeness (QED) is 0.755. The van der Waals surface area contributed by atoms with Gasteiger partial charge in [-0.25, -0.2) is 0 Å². The molecule has 0 bridgehead atoms. The summed E-state index contributed by atoms with van der Waals surface area (Å²) >= 11 is 3.55. The van der Waals surface area contributed by atoms with Crippen molar-refractivity contribution in [1.29, 1.82) is 0 Å². The summed E-state index contributed by atoms with van der Waals surface area (Å²) < 4.78 is 6.35. The standard InChI is InChI=1S/C18H22BrNO/c1-5-17(14-6-8-16(21-4)9-7-14)20-18-12(2)10-15(19)11-13(18)3/h6-11,17,20H,5H2,1-4H3. The van der Waals surface area contributed by atoms with Crippen LogP contribution in [0.15, 0.2) is 40.9 Å². The van der Waals surface area contributed by atoms with Crippen LogP contribution < -0.4 is 10.1 Å². The van der Waals surface area contributed by atoms with E-state index in [4.69, 9.17) is 4.74 Å². The normalized spacial score (nSPS) is 12.0. The maximum absolute atomic E-state index is 5.23. The molecule has 0 aliphatic carbocycles. The molecule has 2 aromatic rings. The van der Waals surface area contributed by atoms with E-state index in [1.807, 2.05) is 12.1 Å². The van der Waals surface area contributed by atoms with Crippen LogP contribution in [0.5, 0.6) is 5.75 Å². The molecule has 2 rings (SSSR count). The molecule has 1 unspecified atom stereocenters. The van der Waals surface area contributed by atoms with Gasteiger partial charge in [-0.3, -0.25) is 0 Å². The second-order valence-electron chi connectivity index (χ2n) is 5.29. The van der Waals surface area contributed by atoms with Gasteiger partial charge < -0.3 is 10.1 Å². The maximum Gasteiger partial charge on any atom is 0.118 e. The monoisotopic (exact) mass is 347 g/mol. The molecule has 0 fully saturated rings. The average Bonchev–Trinajstić information content (AvgIpc) is 2.47. The highest BCUT2D eigenvalue weighted by Crippen LogP contribution is 2.30. The fourth-order valence-corrected chi connectivity index (χ4v) is 3.26. The van der Waals surface area contributed by atoms with E-state index in [0.29, 0.717) is 6.04 Å². The Kier molecular flexibility index (Phi) is 5.29. The van der Waals surface area contributed by atoms with E-state index in [1.165, 1.54) is 22.4 Å². The van der Waals surface area contributed by atoms with Gasteiger partial charge in [0.1, 0.15) is 5.75 Å². The second kappa shape index (κ2) is 6.99. The van der Waals surface area contributed by atoms with E-state index >= 15 is 0 Å². The van der Waals surface area contributed by atoms with E-state index in [9.17, 15) is 0 Å². The lowest BCUT2D eigenvalue weighted by molar-refractivity contribution is 0.414. The molecule has 0 aliphatic heterocycles. The Morgan fingerprint density at radius 3 is 2.14 bits per heavy atom. The van der Waals surface area contributed by atoms with E-state index < -0.39 is 0 Å². The minimum absolute atomic E-state index is 0.300. The van der Waals surface area contributed by atoms with Gasteiger partial charge in [-0.2, -0.15) is 0 Å². The van der Waals surface area contributed by atoms with E-state index in [-0.39, 0.29) is 0 Å². The zero-order valence-electron chi connectivity index (χ0n) is 13.0. The number of hydrogen-bond acceptors (Lipinski definition) is 2. The summed E-state index contributed by atoms with van der Waals surface area (Å²) in [5.74, 6) is 0.893. The fraction of sp³-hybridized carbons (Fsp3) is 0.333. The first-order valence-electron chi connectivity index (χ1n) is 7.22. The summed E-state index contributed by atoms with van der Waals surface area (Å²) in [6.07, 6.45) is 1.03. The third-order valence-electron chi connectivity index (χ3n) is 3.74. The molecule has 21 heavy (non-hydrogen) atoms. The van der Waals surface area contributed by atoms with Crippen LogP contribution >= 0.6 is 15.9 Å². The highest BCUT2D eigenvalue weighted by atomic mass is 79.9. The van der Waals surface area contributed by atoms with Crippen molar-refractivity contribution >= 4 is 21.6 Å². The van der Waals surface area contributed by atoms with Crippen molar-refractivity contribution in [3.8, 4) is 5.75 Å². The average molecular weight is 348 g/mol. The first-order valence-corrected chi connectivity index (χ1v) is 8.01. The first-order chi connectivity index (χ1) is 10.0. The smallest absolute Gasteiger partial charge is 0.118 e. The predicted octanol–water partition coefficient (Wildman–Crippen LogP) is 5.64. The molecular weight excluding hydrogens is 326 g/mol. The zero-order chi connectivity index (χ0) is 15.4. The van der Waals surface area contributed by atoms with Gasteiger partial charge in [0.05, 0.1) is 13.2 Å². The lowest BCUT2D eigenvalue weighted by atomic mass is 10.0. The third-order valence-corrected chi connectivity index (χ3v) is 4.20. The van der Waals surface area contributed by atoms with Crippen molar-refractivity contribution in [3.05, 3.63) is 57.6 Å². The molecule has 0 saturated heterocycles. The molecule has 3 heteroatoms. The Balaban J connectivity index is 2.26. The summed E-state index contributed by atoms with van der Waals surface area (Å²) in [6.45, 7) is 6.48. The van der Waals surface area contributed by atoms with Crippen LogP contribution in [-0.2, 0) is 0 Å². The molecule has 0 aliphatic rings. The minimum Gasteiger partial charge on any atom is -0.497 e. The van der Waals surface area contributed by atoms with Crippen molar-refractivity contribution in [3.63, 3.8) is 0 Å². The number of methoxy groups -OCH3 is 1. The highest BCUT2D eigenvalue weighted by Gasteiger charge is 2.12. The summed E-state index contributed by atoms with van der Waals surface area (Å²) in [6, 6.07) is 12.9. The van der Waals surface area contributed by atoms with Crippen LogP contribution in [0.25, 0.3) is 0 Å².